The van der Waals surface area contributed by atoms with Crippen LogP contribution in [-0.4, -0.2) is 11.6 Å². The van der Waals surface area contributed by atoms with Gasteiger partial charge in [0.1, 0.15) is 11.6 Å². The average molecular weight is 154 g/mol. The quantitative estimate of drug-likeness (QED) is 0.607. The van der Waals surface area contributed by atoms with Crippen LogP contribution in [0.1, 0.15) is 39.0 Å². The maximum atomic E-state index is 11.2. The van der Waals surface area contributed by atoms with Gasteiger partial charge in [-0.1, -0.05) is 6.42 Å². The molecule has 0 unspecified atom stereocenters. The van der Waals surface area contributed by atoms with Gasteiger partial charge in [0.25, 0.3) is 0 Å². The number of hydrogen-bond acceptors (Lipinski definition) is 2. The van der Waals surface area contributed by atoms with E-state index >= 15 is 0 Å². The van der Waals surface area contributed by atoms with Crippen LogP contribution in [0.5, 0.6) is 0 Å². The van der Waals surface area contributed by atoms with Gasteiger partial charge < -0.3 is 4.79 Å². The van der Waals surface area contributed by atoms with Gasteiger partial charge in [0.2, 0.25) is 0 Å². The first-order valence-electron chi connectivity index (χ1n) is 4.22. The number of Topliss-reactive ketones (excluding diaryl/α,β-unsaturated/α-hetero) is 2. The molecule has 1 atom stereocenters. The van der Waals surface area contributed by atoms with Crippen molar-refractivity contribution in [1.29, 1.82) is 0 Å². The fourth-order valence-corrected chi connectivity index (χ4v) is 1.62. The van der Waals surface area contributed by atoms with Crippen LogP contribution in [0.4, 0.5) is 0 Å². The summed E-state index contributed by atoms with van der Waals surface area (Å²) in [6.07, 6.45) is 4.23. The van der Waals surface area contributed by atoms with Gasteiger partial charge in [-0.15, -0.1) is 0 Å². The highest BCUT2D eigenvalue weighted by Crippen LogP contribution is 2.23. The van der Waals surface area contributed by atoms with Crippen LogP contribution in [0.15, 0.2) is 0 Å². The Kier molecular flexibility index (Phi) is 2.80. The molecule has 0 amide bonds. The van der Waals surface area contributed by atoms with Crippen LogP contribution in [0.25, 0.3) is 0 Å². The summed E-state index contributed by atoms with van der Waals surface area (Å²) in [6, 6.07) is 0. The fraction of sp³-hybridized carbons (Fsp3) is 0.778. The summed E-state index contributed by atoms with van der Waals surface area (Å²) in [6.45, 7) is 1.56. The molecule has 2 heteroatoms. The Labute approximate surface area is 67.0 Å². The monoisotopic (exact) mass is 154 g/mol. The van der Waals surface area contributed by atoms with Gasteiger partial charge in [0.15, 0.2) is 0 Å². The van der Waals surface area contributed by atoms with E-state index in [-0.39, 0.29) is 11.7 Å². The van der Waals surface area contributed by atoms with Gasteiger partial charge in [-0.3, -0.25) is 4.79 Å². The topological polar surface area (TPSA) is 34.1 Å². The van der Waals surface area contributed by atoms with Crippen molar-refractivity contribution in [2.24, 2.45) is 5.92 Å². The van der Waals surface area contributed by atoms with Crippen LogP contribution in [0.3, 0.4) is 0 Å². The highest BCUT2D eigenvalue weighted by molar-refractivity contribution is 5.87. The minimum absolute atomic E-state index is 0.0567. The molecule has 0 N–H and O–H groups in total. The van der Waals surface area contributed by atoms with Gasteiger partial charge in [0.05, 0.1) is 0 Å². The maximum Gasteiger partial charge on any atom is 0.136 e. The zero-order valence-corrected chi connectivity index (χ0v) is 6.93. The Bertz CT molecular complexity index is 172. The standard InChI is InChI=1S/C9H14O2/c1-7(10)6-8-4-2-3-5-9(8)11/h8H,2-6H2,1H3/t8-/m0/s1. The molecule has 1 aliphatic rings. The van der Waals surface area contributed by atoms with Crippen molar-refractivity contribution in [3.8, 4) is 0 Å². The Balaban J connectivity index is 2.42. The van der Waals surface area contributed by atoms with E-state index in [9.17, 15) is 9.59 Å². The molecule has 0 saturated heterocycles. The summed E-state index contributed by atoms with van der Waals surface area (Å²) >= 11 is 0. The maximum absolute atomic E-state index is 11.2. The van der Waals surface area contributed by atoms with Crippen LogP contribution < -0.4 is 0 Å². The summed E-state index contributed by atoms with van der Waals surface area (Å²) in [5.41, 5.74) is 0. The fourth-order valence-electron chi connectivity index (χ4n) is 1.62. The summed E-state index contributed by atoms with van der Waals surface area (Å²) in [5.74, 6) is 0.498. The molecule has 0 aromatic carbocycles. The molecule has 62 valence electrons. The molecule has 1 rings (SSSR count). The first-order chi connectivity index (χ1) is 5.20. The molecule has 1 aliphatic carbocycles. The summed E-state index contributed by atoms with van der Waals surface area (Å²) in [5, 5.41) is 0. The van der Waals surface area contributed by atoms with E-state index in [2.05, 4.69) is 0 Å². The Morgan fingerprint density at radius 1 is 1.55 bits per heavy atom. The van der Waals surface area contributed by atoms with E-state index in [0.717, 1.165) is 19.3 Å². The SMILES string of the molecule is CC(=O)C[C@@H]1CCCCC1=O. The molecule has 0 spiro atoms. The average Bonchev–Trinajstić information content (AvgIpc) is 1.93. The minimum atomic E-state index is 0.0567. The molecule has 0 radical (unpaired) electrons. The van der Waals surface area contributed by atoms with Gasteiger partial charge in [-0.25, -0.2) is 0 Å². The third kappa shape index (κ3) is 2.45. The lowest BCUT2D eigenvalue weighted by Gasteiger charge is -2.18. The van der Waals surface area contributed by atoms with Crippen LogP contribution in [0.2, 0.25) is 0 Å². The molecule has 1 fully saturated rings. The van der Waals surface area contributed by atoms with Gasteiger partial charge in [-0.05, 0) is 19.8 Å². The van der Waals surface area contributed by atoms with Crippen molar-refractivity contribution in [3.05, 3.63) is 0 Å². The summed E-state index contributed by atoms with van der Waals surface area (Å²) < 4.78 is 0. The van der Waals surface area contributed by atoms with Crippen molar-refractivity contribution in [3.63, 3.8) is 0 Å². The van der Waals surface area contributed by atoms with Crippen molar-refractivity contribution in [2.75, 3.05) is 0 Å². The minimum Gasteiger partial charge on any atom is -0.300 e. The van der Waals surface area contributed by atoms with Gasteiger partial charge in [0, 0.05) is 18.8 Å². The number of carbonyl (C=O) groups is 2. The lowest BCUT2D eigenvalue weighted by Crippen LogP contribution is -2.20. The van der Waals surface area contributed by atoms with E-state index in [4.69, 9.17) is 0 Å². The molecule has 1 saturated carbocycles. The van der Waals surface area contributed by atoms with E-state index in [1.807, 2.05) is 0 Å². The van der Waals surface area contributed by atoms with Crippen molar-refractivity contribution in [1.82, 2.24) is 0 Å². The summed E-state index contributed by atoms with van der Waals surface area (Å²) in [4.78, 5) is 21.9. The molecule has 0 aliphatic heterocycles. The zero-order valence-electron chi connectivity index (χ0n) is 6.93. The predicted octanol–water partition coefficient (Wildman–Crippen LogP) is 1.72. The second kappa shape index (κ2) is 3.65. The van der Waals surface area contributed by atoms with E-state index in [1.165, 1.54) is 0 Å². The number of rotatable bonds is 2. The molecular formula is C9H14O2. The normalized spacial score (nSPS) is 25.2. The van der Waals surface area contributed by atoms with E-state index < -0.39 is 0 Å². The molecule has 0 aromatic rings. The van der Waals surface area contributed by atoms with Crippen molar-refractivity contribution in [2.45, 2.75) is 39.0 Å². The lowest BCUT2D eigenvalue weighted by molar-refractivity contribution is -0.128. The molecule has 2 nitrogen and oxygen atoms in total. The van der Waals surface area contributed by atoms with Gasteiger partial charge in [-0.2, -0.15) is 0 Å². The van der Waals surface area contributed by atoms with Gasteiger partial charge >= 0.3 is 0 Å². The Morgan fingerprint density at radius 3 is 2.82 bits per heavy atom. The third-order valence-corrected chi connectivity index (χ3v) is 2.21. The first kappa shape index (κ1) is 8.44. The van der Waals surface area contributed by atoms with Crippen LogP contribution in [-0.2, 0) is 9.59 Å². The van der Waals surface area contributed by atoms with Crippen LogP contribution in [0, 0.1) is 5.92 Å². The van der Waals surface area contributed by atoms with Crippen molar-refractivity contribution < 1.29 is 9.59 Å². The smallest absolute Gasteiger partial charge is 0.136 e. The molecule has 11 heavy (non-hydrogen) atoms. The first-order valence-corrected chi connectivity index (χ1v) is 4.22. The van der Waals surface area contributed by atoms with E-state index in [1.54, 1.807) is 6.92 Å². The molecule has 0 heterocycles. The number of carbonyl (C=O) groups excluding carboxylic acids is 2. The second-order valence-electron chi connectivity index (χ2n) is 3.32. The Hall–Kier alpha value is -0.660. The van der Waals surface area contributed by atoms with Crippen LogP contribution >= 0.6 is 0 Å². The molecule has 0 aromatic heterocycles. The lowest BCUT2D eigenvalue weighted by atomic mass is 9.85. The van der Waals surface area contributed by atoms with Crippen molar-refractivity contribution >= 4 is 11.6 Å². The van der Waals surface area contributed by atoms with E-state index in [0.29, 0.717) is 18.6 Å². The highest BCUT2D eigenvalue weighted by Gasteiger charge is 2.22. The second-order valence-corrected chi connectivity index (χ2v) is 3.32. The summed E-state index contributed by atoms with van der Waals surface area (Å²) in [7, 11) is 0. The number of ketones is 2. The molecular weight excluding hydrogens is 140 g/mol. The zero-order chi connectivity index (χ0) is 8.27. The number of hydrogen-bond donors (Lipinski definition) is 0. The molecule has 0 bridgehead atoms. The third-order valence-electron chi connectivity index (χ3n) is 2.21. The predicted molar refractivity (Wildman–Crippen MR) is 42.3 cm³/mol. The Morgan fingerprint density at radius 2 is 2.27 bits per heavy atom. The highest BCUT2D eigenvalue weighted by atomic mass is 16.1. The largest absolute Gasteiger partial charge is 0.300 e.